The van der Waals surface area contributed by atoms with Crippen molar-refractivity contribution in [3.05, 3.63) is 10.6 Å². The van der Waals surface area contributed by atoms with E-state index in [1.54, 1.807) is 11.3 Å². The van der Waals surface area contributed by atoms with Crippen LogP contribution in [-0.2, 0) is 11.3 Å². The molecular formula is C15H24N2O2S. The maximum atomic E-state index is 9.54. The van der Waals surface area contributed by atoms with Crippen molar-refractivity contribution >= 4 is 16.5 Å². The summed E-state index contributed by atoms with van der Waals surface area (Å²) in [5.74, 6) is 0.587. The minimum absolute atomic E-state index is 0.112. The van der Waals surface area contributed by atoms with Crippen LogP contribution < -0.4 is 4.90 Å². The Balaban J connectivity index is 1.88. The number of aliphatic hydroxyl groups is 1. The SMILES string of the molecule is CC1(C)CN(c2nc(C3CC3)c(CO)s2)CC(C)(C)O1. The molecular weight excluding hydrogens is 272 g/mol. The van der Waals surface area contributed by atoms with Crippen LogP contribution in [0.15, 0.2) is 0 Å². The van der Waals surface area contributed by atoms with E-state index < -0.39 is 0 Å². The molecule has 2 fully saturated rings. The van der Waals surface area contributed by atoms with Gasteiger partial charge in [0.05, 0.1) is 28.4 Å². The number of anilines is 1. The predicted molar refractivity (Wildman–Crippen MR) is 81.5 cm³/mol. The number of hydrogen-bond donors (Lipinski definition) is 1. The van der Waals surface area contributed by atoms with E-state index in [0.29, 0.717) is 5.92 Å². The molecule has 1 saturated heterocycles. The van der Waals surface area contributed by atoms with Gasteiger partial charge in [-0.25, -0.2) is 4.98 Å². The summed E-state index contributed by atoms with van der Waals surface area (Å²) in [5.41, 5.74) is 0.786. The summed E-state index contributed by atoms with van der Waals surface area (Å²) < 4.78 is 6.12. The normalized spacial score (nSPS) is 24.9. The first kappa shape index (κ1) is 14.3. The Morgan fingerprint density at radius 2 is 1.85 bits per heavy atom. The molecule has 1 aliphatic carbocycles. The van der Waals surface area contributed by atoms with Gasteiger partial charge in [0.2, 0.25) is 0 Å². The van der Waals surface area contributed by atoms with Gasteiger partial charge in [0, 0.05) is 19.0 Å². The lowest BCUT2D eigenvalue weighted by Crippen LogP contribution is -2.57. The third-order valence-corrected chi connectivity index (χ3v) is 4.91. The Morgan fingerprint density at radius 3 is 2.35 bits per heavy atom. The summed E-state index contributed by atoms with van der Waals surface area (Å²) in [6.07, 6.45) is 2.44. The second kappa shape index (κ2) is 4.68. The highest BCUT2D eigenvalue weighted by Crippen LogP contribution is 2.45. The second-order valence-electron chi connectivity index (χ2n) is 7.21. The molecule has 0 spiro atoms. The van der Waals surface area contributed by atoms with Crippen molar-refractivity contribution in [2.75, 3.05) is 18.0 Å². The Bertz CT molecular complexity index is 490. The molecule has 0 atom stereocenters. The Morgan fingerprint density at radius 1 is 1.25 bits per heavy atom. The molecule has 1 aromatic rings. The van der Waals surface area contributed by atoms with Crippen LogP contribution in [-0.4, -0.2) is 34.4 Å². The zero-order valence-electron chi connectivity index (χ0n) is 12.8. The van der Waals surface area contributed by atoms with Crippen molar-refractivity contribution in [1.29, 1.82) is 0 Å². The summed E-state index contributed by atoms with van der Waals surface area (Å²) in [6.45, 7) is 10.3. The summed E-state index contributed by atoms with van der Waals surface area (Å²) in [4.78, 5) is 8.19. The highest BCUT2D eigenvalue weighted by molar-refractivity contribution is 7.15. The maximum absolute atomic E-state index is 9.54. The van der Waals surface area contributed by atoms with Gasteiger partial charge in [-0.05, 0) is 40.5 Å². The molecule has 3 rings (SSSR count). The van der Waals surface area contributed by atoms with Crippen LogP contribution in [0.3, 0.4) is 0 Å². The second-order valence-corrected chi connectivity index (χ2v) is 8.28. The first-order chi connectivity index (χ1) is 9.30. The van der Waals surface area contributed by atoms with E-state index in [-0.39, 0.29) is 17.8 Å². The number of rotatable bonds is 3. The molecule has 4 nitrogen and oxygen atoms in total. The van der Waals surface area contributed by atoms with Crippen LogP contribution in [0.25, 0.3) is 0 Å². The third-order valence-electron chi connectivity index (χ3n) is 3.79. The van der Waals surface area contributed by atoms with E-state index in [9.17, 15) is 5.11 Å². The van der Waals surface area contributed by atoms with Gasteiger partial charge >= 0.3 is 0 Å². The largest absolute Gasteiger partial charge is 0.391 e. The van der Waals surface area contributed by atoms with Gasteiger partial charge in [-0.15, -0.1) is 0 Å². The van der Waals surface area contributed by atoms with Crippen LogP contribution >= 0.6 is 11.3 Å². The molecule has 0 unspecified atom stereocenters. The zero-order valence-corrected chi connectivity index (χ0v) is 13.6. The summed E-state index contributed by atoms with van der Waals surface area (Å²) >= 11 is 1.65. The van der Waals surface area contributed by atoms with Crippen molar-refractivity contribution in [3.63, 3.8) is 0 Å². The van der Waals surface area contributed by atoms with Gasteiger partial charge in [0.15, 0.2) is 5.13 Å². The van der Waals surface area contributed by atoms with E-state index in [2.05, 4.69) is 32.6 Å². The Labute approximate surface area is 124 Å². The van der Waals surface area contributed by atoms with Crippen molar-refractivity contribution in [3.8, 4) is 0 Å². The number of morpholine rings is 1. The minimum atomic E-state index is -0.174. The molecule has 2 heterocycles. The number of ether oxygens (including phenoxy) is 1. The van der Waals surface area contributed by atoms with Gasteiger partial charge in [-0.1, -0.05) is 11.3 Å². The van der Waals surface area contributed by atoms with Gasteiger partial charge in [0.25, 0.3) is 0 Å². The zero-order chi connectivity index (χ0) is 14.5. The lowest BCUT2D eigenvalue weighted by Gasteiger charge is -2.47. The average Bonchev–Trinajstić information content (AvgIpc) is 3.04. The summed E-state index contributed by atoms with van der Waals surface area (Å²) in [7, 11) is 0. The van der Waals surface area contributed by atoms with Gasteiger partial charge in [-0.2, -0.15) is 0 Å². The number of hydrogen-bond acceptors (Lipinski definition) is 5. The predicted octanol–water partition coefficient (Wildman–Crippen LogP) is 2.91. The topological polar surface area (TPSA) is 45.6 Å². The Kier molecular flexibility index (Phi) is 3.35. The average molecular weight is 296 g/mol. The van der Waals surface area contributed by atoms with Crippen LogP contribution in [0, 0.1) is 0 Å². The number of aliphatic hydroxyl groups excluding tert-OH is 1. The van der Waals surface area contributed by atoms with Crippen molar-refractivity contribution in [2.45, 2.75) is 64.3 Å². The van der Waals surface area contributed by atoms with Crippen molar-refractivity contribution in [1.82, 2.24) is 4.98 Å². The molecule has 1 saturated carbocycles. The summed E-state index contributed by atoms with van der Waals surface area (Å²) in [5, 5.41) is 10.6. The minimum Gasteiger partial charge on any atom is -0.391 e. The lowest BCUT2D eigenvalue weighted by molar-refractivity contribution is -0.133. The molecule has 0 amide bonds. The third kappa shape index (κ3) is 2.85. The highest BCUT2D eigenvalue weighted by Gasteiger charge is 2.40. The quantitative estimate of drug-likeness (QED) is 0.931. The molecule has 0 radical (unpaired) electrons. The van der Waals surface area contributed by atoms with E-state index in [4.69, 9.17) is 9.72 Å². The standard InChI is InChI=1S/C15H24N2O2S/c1-14(2)8-17(9-15(3,4)19-14)13-16-12(10-5-6-10)11(7-18)20-13/h10,18H,5-9H2,1-4H3. The van der Waals surface area contributed by atoms with Gasteiger partial charge in [0.1, 0.15) is 0 Å². The fourth-order valence-corrected chi connectivity index (χ4v) is 4.20. The first-order valence-electron chi connectivity index (χ1n) is 7.35. The van der Waals surface area contributed by atoms with E-state index in [1.807, 2.05) is 0 Å². The molecule has 1 aliphatic heterocycles. The van der Waals surface area contributed by atoms with Gasteiger partial charge < -0.3 is 14.7 Å². The number of thiazole rings is 1. The molecule has 0 aromatic carbocycles. The molecule has 0 bridgehead atoms. The lowest BCUT2D eigenvalue weighted by atomic mass is 9.99. The first-order valence-corrected chi connectivity index (χ1v) is 8.17. The molecule has 2 aliphatic rings. The van der Waals surface area contributed by atoms with E-state index in [0.717, 1.165) is 28.8 Å². The monoisotopic (exact) mass is 296 g/mol. The molecule has 1 aromatic heterocycles. The molecule has 5 heteroatoms. The summed E-state index contributed by atoms with van der Waals surface area (Å²) in [6, 6.07) is 0. The number of nitrogens with zero attached hydrogens (tertiary/aromatic N) is 2. The van der Waals surface area contributed by atoms with E-state index >= 15 is 0 Å². The van der Waals surface area contributed by atoms with Crippen molar-refractivity contribution < 1.29 is 9.84 Å². The van der Waals surface area contributed by atoms with Crippen LogP contribution in [0.2, 0.25) is 0 Å². The van der Waals surface area contributed by atoms with Crippen LogP contribution in [0.1, 0.15) is 57.0 Å². The van der Waals surface area contributed by atoms with Crippen LogP contribution in [0.5, 0.6) is 0 Å². The fourth-order valence-electron chi connectivity index (χ4n) is 3.20. The van der Waals surface area contributed by atoms with Crippen molar-refractivity contribution in [2.24, 2.45) is 0 Å². The fraction of sp³-hybridized carbons (Fsp3) is 0.800. The van der Waals surface area contributed by atoms with Gasteiger partial charge in [-0.3, -0.25) is 0 Å². The molecule has 112 valence electrons. The Hall–Kier alpha value is -0.650. The molecule has 20 heavy (non-hydrogen) atoms. The smallest absolute Gasteiger partial charge is 0.186 e. The number of aromatic nitrogens is 1. The molecule has 1 N–H and O–H groups in total. The highest BCUT2D eigenvalue weighted by atomic mass is 32.1. The van der Waals surface area contributed by atoms with E-state index in [1.165, 1.54) is 12.8 Å². The maximum Gasteiger partial charge on any atom is 0.186 e. The van der Waals surface area contributed by atoms with Crippen LogP contribution in [0.4, 0.5) is 5.13 Å².